The summed E-state index contributed by atoms with van der Waals surface area (Å²) in [5.41, 5.74) is 2.46. The number of thiazole rings is 1. The van der Waals surface area contributed by atoms with Crippen molar-refractivity contribution in [3.63, 3.8) is 0 Å². The molecule has 2 heterocycles. The first-order valence-corrected chi connectivity index (χ1v) is 12.7. The number of carbonyl (C=O) groups is 1. The Kier molecular flexibility index (Phi) is 7.73. The molecule has 7 nitrogen and oxygen atoms in total. The van der Waals surface area contributed by atoms with Gasteiger partial charge < -0.3 is 9.64 Å². The number of hydrogen-bond donors (Lipinski definition) is 0. The number of nitrogens with zero attached hydrogens (tertiary/aromatic N) is 4. The summed E-state index contributed by atoms with van der Waals surface area (Å²) in [5.74, 6) is 0.441. The summed E-state index contributed by atoms with van der Waals surface area (Å²) in [4.78, 5) is 34.2. The second-order valence-electron chi connectivity index (χ2n) is 8.13. The Balaban J connectivity index is 1.86. The summed E-state index contributed by atoms with van der Waals surface area (Å²) in [6, 6.07) is 15.7. The molecule has 0 N–H and O–H groups in total. The number of hydrogen-bond acceptors (Lipinski definition) is 6. The van der Waals surface area contributed by atoms with Gasteiger partial charge in [0, 0.05) is 18.1 Å². The number of ether oxygens (including phenoxy) is 1. The summed E-state index contributed by atoms with van der Waals surface area (Å²) in [5, 5.41) is 9.25. The van der Waals surface area contributed by atoms with Crippen LogP contribution in [0, 0.1) is 11.3 Å². The smallest absolute Gasteiger partial charge is 0.271 e. The zero-order valence-corrected chi connectivity index (χ0v) is 21.8. The molecule has 0 aliphatic carbocycles. The molecule has 2 aromatic carbocycles. The lowest BCUT2D eigenvalue weighted by Gasteiger charge is -2.29. The number of halogens is 1. The molecule has 0 fully saturated rings. The number of fused-ring (bicyclic) bond motifs is 1. The number of carbonyl (C=O) groups excluding carboxylic acids is 1. The number of amides is 1. The van der Waals surface area contributed by atoms with E-state index in [-0.39, 0.29) is 18.1 Å². The van der Waals surface area contributed by atoms with Gasteiger partial charge in [-0.25, -0.2) is 4.99 Å². The normalized spacial score (nSPS) is 15.2. The Morgan fingerprint density at radius 3 is 2.47 bits per heavy atom. The van der Waals surface area contributed by atoms with Crippen LogP contribution in [0.25, 0.3) is 6.08 Å². The zero-order chi connectivity index (χ0) is 25.8. The van der Waals surface area contributed by atoms with Crippen LogP contribution in [-0.2, 0) is 4.79 Å². The van der Waals surface area contributed by atoms with Gasteiger partial charge in [0.25, 0.3) is 11.5 Å². The fraction of sp³-hybridized carbons (Fsp3) is 0.259. The number of nitriles is 1. The average molecular weight is 521 g/mol. The quantitative estimate of drug-likeness (QED) is 0.475. The first kappa shape index (κ1) is 25.4. The van der Waals surface area contributed by atoms with Gasteiger partial charge in [-0.3, -0.25) is 14.2 Å². The third kappa shape index (κ3) is 4.99. The van der Waals surface area contributed by atoms with Crippen LogP contribution in [0.1, 0.15) is 37.9 Å². The van der Waals surface area contributed by atoms with Crippen LogP contribution in [0.15, 0.2) is 69.6 Å². The molecule has 1 aliphatic heterocycles. The van der Waals surface area contributed by atoms with Crippen molar-refractivity contribution >= 4 is 34.9 Å². The van der Waals surface area contributed by atoms with Crippen molar-refractivity contribution in [2.75, 3.05) is 19.7 Å². The molecule has 1 atom stereocenters. The summed E-state index contributed by atoms with van der Waals surface area (Å²) in [7, 11) is 0. The van der Waals surface area contributed by atoms with Crippen molar-refractivity contribution in [1.29, 1.82) is 5.26 Å². The molecule has 1 aromatic heterocycles. The zero-order valence-electron chi connectivity index (χ0n) is 20.2. The fourth-order valence-electron chi connectivity index (χ4n) is 4.16. The van der Waals surface area contributed by atoms with Gasteiger partial charge in [-0.1, -0.05) is 47.2 Å². The Morgan fingerprint density at radius 2 is 1.86 bits per heavy atom. The second kappa shape index (κ2) is 10.9. The lowest BCUT2D eigenvalue weighted by molar-refractivity contribution is -0.127. The van der Waals surface area contributed by atoms with Gasteiger partial charge in [-0.15, -0.1) is 0 Å². The monoisotopic (exact) mass is 520 g/mol. The number of allylic oxidation sites excluding steroid dienone is 1. The van der Waals surface area contributed by atoms with Crippen LogP contribution < -0.4 is 19.6 Å². The predicted octanol–water partition coefficient (Wildman–Crippen LogP) is 3.66. The standard InChI is InChI=1S/C27H25ClN4O3S/c1-4-31(5-2)26(34)23-17(3)30-27-32(24(23)19-8-10-20(28)11-9-19)25(33)22(36-27)16-18-6-12-21(13-7-18)35-15-14-29/h6-13,16,24H,4-5,15H2,1-3H3/b22-16+/t24-/m0/s1. The van der Waals surface area contributed by atoms with Crippen LogP contribution in [0.5, 0.6) is 5.75 Å². The third-order valence-electron chi connectivity index (χ3n) is 5.97. The summed E-state index contributed by atoms with van der Waals surface area (Å²) in [6.07, 6.45) is 1.79. The minimum Gasteiger partial charge on any atom is -0.479 e. The fourth-order valence-corrected chi connectivity index (χ4v) is 5.34. The summed E-state index contributed by atoms with van der Waals surface area (Å²) >= 11 is 7.42. The number of rotatable bonds is 7. The van der Waals surface area contributed by atoms with Crippen LogP contribution in [0.2, 0.25) is 5.02 Å². The highest BCUT2D eigenvalue weighted by Gasteiger charge is 2.34. The Morgan fingerprint density at radius 1 is 1.19 bits per heavy atom. The van der Waals surface area contributed by atoms with E-state index in [0.29, 0.717) is 44.5 Å². The number of aromatic nitrogens is 1. The molecule has 0 saturated carbocycles. The summed E-state index contributed by atoms with van der Waals surface area (Å²) in [6.45, 7) is 6.75. The van der Waals surface area contributed by atoms with E-state index in [1.165, 1.54) is 11.3 Å². The number of benzene rings is 2. The molecule has 0 radical (unpaired) electrons. The molecule has 184 valence electrons. The van der Waals surface area contributed by atoms with Gasteiger partial charge in [0.2, 0.25) is 0 Å². The van der Waals surface area contributed by atoms with E-state index >= 15 is 0 Å². The SMILES string of the molecule is CCN(CC)C(=O)C1=C(C)N=c2s/c(=C/c3ccc(OCC#N)cc3)c(=O)n2[C@H]1c1ccc(Cl)cc1. The van der Waals surface area contributed by atoms with E-state index in [1.807, 2.05) is 51.1 Å². The van der Waals surface area contributed by atoms with Crippen molar-refractivity contribution in [2.45, 2.75) is 26.8 Å². The molecular formula is C27H25ClN4O3S. The van der Waals surface area contributed by atoms with Gasteiger partial charge in [0.15, 0.2) is 11.4 Å². The molecule has 9 heteroatoms. The highest BCUT2D eigenvalue weighted by atomic mass is 35.5. The molecule has 1 aliphatic rings. The molecule has 0 spiro atoms. The van der Waals surface area contributed by atoms with Gasteiger partial charge in [0.05, 0.1) is 21.8 Å². The van der Waals surface area contributed by atoms with Gasteiger partial charge >= 0.3 is 0 Å². The van der Waals surface area contributed by atoms with E-state index in [0.717, 1.165) is 11.1 Å². The van der Waals surface area contributed by atoms with Gasteiger partial charge in [0.1, 0.15) is 11.8 Å². The van der Waals surface area contributed by atoms with Crippen LogP contribution in [0.3, 0.4) is 0 Å². The van der Waals surface area contributed by atoms with Crippen LogP contribution >= 0.6 is 22.9 Å². The van der Waals surface area contributed by atoms with E-state index in [2.05, 4.69) is 4.99 Å². The first-order valence-electron chi connectivity index (χ1n) is 11.5. The highest BCUT2D eigenvalue weighted by molar-refractivity contribution is 7.07. The van der Waals surface area contributed by atoms with Crippen LogP contribution in [-0.4, -0.2) is 35.1 Å². The van der Waals surface area contributed by atoms with Gasteiger partial charge in [-0.2, -0.15) is 5.26 Å². The molecule has 1 amide bonds. The molecular weight excluding hydrogens is 496 g/mol. The van der Waals surface area contributed by atoms with Crippen molar-refractivity contribution in [2.24, 2.45) is 4.99 Å². The maximum Gasteiger partial charge on any atom is 0.271 e. The number of likely N-dealkylation sites (N-methyl/N-ethyl adjacent to an activating group) is 1. The van der Waals surface area contributed by atoms with Crippen molar-refractivity contribution in [3.05, 3.63) is 95.6 Å². The van der Waals surface area contributed by atoms with E-state index in [1.54, 1.807) is 39.8 Å². The summed E-state index contributed by atoms with van der Waals surface area (Å²) < 4.78 is 7.41. The molecule has 4 rings (SSSR count). The van der Waals surface area contributed by atoms with E-state index in [9.17, 15) is 9.59 Å². The van der Waals surface area contributed by atoms with Crippen molar-refractivity contribution in [1.82, 2.24) is 9.47 Å². The van der Waals surface area contributed by atoms with Gasteiger partial charge in [-0.05, 0) is 62.2 Å². The molecule has 0 bridgehead atoms. The van der Waals surface area contributed by atoms with Crippen molar-refractivity contribution in [3.8, 4) is 11.8 Å². The third-order valence-corrected chi connectivity index (χ3v) is 7.20. The Bertz CT molecular complexity index is 1530. The maximum atomic E-state index is 13.7. The minimum absolute atomic E-state index is 0.0312. The highest BCUT2D eigenvalue weighted by Crippen LogP contribution is 2.31. The lowest BCUT2D eigenvalue weighted by Crippen LogP contribution is -2.43. The minimum atomic E-state index is -0.615. The van der Waals surface area contributed by atoms with Crippen molar-refractivity contribution < 1.29 is 9.53 Å². The average Bonchev–Trinajstić information content (AvgIpc) is 3.18. The second-order valence-corrected chi connectivity index (χ2v) is 9.57. The van der Waals surface area contributed by atoms with E-state index < -0.39 is 6.04 Å². The topological polar surface area (TPSA) is 87.7 Å². The lowest BCUT2D eigenvalue weighted by atomic mass is 9.94. The molecule has 36 heavy (non-hydrogen) atoms. The molecule has 0 unspecified atom stereocenters. The largest absolute Gasteiger partial charge is 0.479 e. The first-order chi connectivity index (χ1) is 17.4. The Labute approximate surface area is 217 Å². The Hall–Kier alpha value is -3.67. The van der Waals surface area contributed by atoms with Crippen LogP contribution in [0.4, 0.5) is 0 Å². The molecule has 0 saturated heterocycles. The maximum absolute atomic E-state index is 13.7. The molecule has 3 aromatic rings. The van der Waals surface area contributed by atoms with E-state index in [4.69, 9.17) is 21.6 Å². The predicted molar refractivity (Wildman–Crippen MR) is 141 cm³/mol.